The van der Waals surface area contributed by atoms with Gasteiger partial charge in [0.25, 0.3) is 0 Å². The van der Waals surface area contributed by atoms with E-state index in [1.165, 1.54) is 12.1 Å². The minimum Gasteiger partial charge on any atom is -0.335 e. The first-order valence-corrected chi connectivity index (χ1v) is 5.79. The number of hydrogen-bond donors (Lipinski definition) is 1. The lowest BCUT2D eigenvalue weighted by Crippen LogP contribution is -2.42. The molecule has 17 heavy (non-hydrogen) atoms. The lowest BCUT2D eigenvalue weighted by Gasteiger charge is -2.20. The molecule has 1 rings (SSSR count). The third-order valence-corrected chi connectivity index (χ3v) is 2.65. The molecule has 1 atom stereocenters. The highest BCUT2D eigenvalue weighted by Crippen LogP contribution is 2.05. The van der Waals surface area contributed by atoms with Gasteiger partial charge in [-0.25, -0.2) is 9.18 Å². The molecule has 0 aliphatic heterocycles. The van der Waals surface area contributed by atoms with Crippen LogP contribution in [0.2, 0.25) is 0 Å². The third-order valence-electron chi connectivity index (χ3n) is 2.65. The summed E-state index contributed by atoms with van der Waals surface area (Å²) in [6.07, 6.45) is 0.698. The second-order valence-electron chi connectivity index (χ2n) is 4.20. The van der Waals surface area contributed by atoms with Crippen LogP contribution < -0.4 is 5.32 Å². The number of rotatable bonds is 4. The van der Waals surface area contributed by atoms with Crippen LogP contribution in [0.1, 0.15) is 19.4 Å². The molecule has 0 saturated carbocycles. The Labute approximate surface area is 102 Å². The van der Waals surface area contributed by atoms with Gasteiger partial charge in [-0.2, -0.15) is 0 Å². The van der Waals surface area contributed by atoms with Crippen molar-refractivity contribution in [2.75, 3.05) is 13.6 Å². The number of nitrogens with one attached hydrogen (secondary N) is 1. The Balaban J connectivity index is 2.47. The SMILES string of the molecule is CCN(C)C(=O)NC(C)Cc1ccc(F)cc1. The van der Waals surface area contributed by atoms with Crippen LogP contribution >= 0.6 is 0 Å². The van der Waals surface area contributed by atoms with E-state index in [0.717, 1.165) is 5.56 Å². The van der Waals surface area contributed by atoms with Crippen molar-refractivity contribution >= 4 is 6.03 Å². The van der Waals surface area contributed by atoms with Crippen molar-refractivity contribution in [3.05, 3.63) is 35.6 Å². The molecule has 1 N–H and O–H groups in total. The summed E-state index contributed by atoms with van der Waals surface area (Å²) in [6.45, 7) is 4.53. The van der Waals surface area contributed by atoms with Crippen LogP contribution in [0.4, 0.5) is 9.18 Å². The van der Waals surface area contributed by atoms with Gasteiger partial charge in [-0.3, -0.25) is 0 Å². The van der Waals surface area contributed by atoms with E-state index in [4.69, 9.17) is 0 Å². The van der Waals surface area contributed by atoms with Gasteiger partial charge < -0.3 is 10.2 Å². The lowest BCUT2D eigenvalue weighted by molar-refractivity contribution is 0.207. The van der Waals surface area contributed by atoms with Crippen molar-refractivity contribution in [3.63, 3.8) is 0 Å². The van der Waals surface area contributed by atoms with E-state index in [1.807, 2.05) is 13.8 Å². The zero-order valence-electron chi connectivity index (χ0n) is 10.5. The molecule has 1 aromatic carbocycles. The van der Waals surface area contributed by atoms with Crippen LogP contribution in [0.3, 0.4) is 0 Å². The summed E-state index contributed by atoms with van der Waals surface area (Å²) in [5.41, 5.74) is 1.01. The number of hydrogen-bond acceptors (Lipinski definition) is 1. The standard InChI is InChI=1S/C13H19FN2O/c1-4-16(3)13(17)15-10(2)9-11-5-7-12(14)8-6-11/h5-8,10H,4,9H2,1-3H3,(H,15,17). The van der Waals surface area contributed by atoms with Gasteiger partial charge in [-0.05, 0) is 38.0 Å². The quantitative estimate of drug-likeness (QED) is 0.858. The van der Waals surface area contributed by atoms with Crippen LogP contribution in [0.15, 0.2) is 24.3 Å². The van der Waals surface area contributed by atoms with Crippen LogP contribution in [0, 0.1) is 5.82 Å². The highest BCUT2D eigenvalue weighted by Gasteiger charge is 2.10. The number of urea groups is 1. The van der Waals surface area contributed by atoms with Gasteiger partial charge in [-0.1, -0.05) is 12.1 Å². The maximum Gasteiger partial charge on any atom is 0.317 e. The summed E-state index contributed by atoms with van der Waals surface area (Å²) >= 11 is 0. The fraction of sp³-hybridized carbons (Fsp3) is 0.462. The van der Waals surface area contributed by atoms with Gasteiger partial charge in [0.15, 0.2) is 0 Å². The van der Waals surface area contributed by atoms with Crippen molar-refractivity contribution < 1.29 is 9.18 Å². The molecule has 0 radical (unpaired) electrons. The molecular weight excluding hydrogens is 219 g/mol. The Morgan fingerprint density at radius 3 is 2.53 bits per heavy atom. The Morgan fingerprint density at radius 2 is 2.00 bits per heavy atom. The summed E-state index contributed by atoms with van der Waals surface area (Å²) in [6, 6.07) is 6.29. The van der Waals surface area contributed by atoms with Gasteiger partial charge in [0.05, 0.1) is 0 Å². The zero-order valence-corrected chi connectivity index (χ0v) is 10.5. The maximum atomic E-state index is 12.7. The highest BCUT2D eigenvalue weighted by atomic mass is 19.1. The first-order valence-electron chi connectivity index (χ1n) is 5.79. The largest absolute Gasteiger partial charge is 0.335 e. The first-order chi connectivity index (χ1) is 8.02. The average Bonchev–Trinajstić information content (AvgIpc) is 2.30. The Kier molecular flexibility index (Phi) is 4.94. The number of carbonyl (C=O) groups is 1. The van der Waals surface area contributed by atoms with Crippen molar-refractivity contribution in [1.29, 1.82) is 0 Å². The van der Waals surface area contributed by atoms with Gasteiger partial charge in [0, 0.05) is 19.6 Å². The molecule has 0 aliphatic carbocycles. The molecule has 0 spiro atoms. The number of halogens is 1. The molecule has 4 heteroatoms. The number of nitrogens with zero attached hydrogens (tertiary/aromatic N) is 1. The van der Waals surface area contributed by atoms with Crippen molar-refractivity contribution in [3.8, 4) is 0 Å². The lowest BCUT2D eigenvalue weighted by atomic mass is 10.1. The molecule has 2 amide bonds. The Morgan fingerprint density at radius 1 is 1.41 bits per heavy atom. The third kappa shape index (κ3) is 4.43. The molecule has 0 aliphatic rings. The minimum absolute atomic E-state index is 0.0296. The fourth-order valence-corrected chi connectivity index (χ4v) is 1.49. The van der Waals surface area contributed by atoms with Crippen molar-refractivity contribution in [2.24, 2.45) is 0 Å². The monoisotopic (exact) mass is 238 g/mol. The topological polar surface area (TPSA) is 32.3 Å². The summed E-state index contributed by atoms with van der Waals surface area (Å²) in [7, 11) is 1.75. The Hall–Kier alpha value is -1.58. The molecule has 1 unspecified atom stereocenters. The average molecular weight is 238 g/mol. The van der Waals surface area contributed by atoms with Crippen LogP contribution in [0.5, 0.6) is 0 Å². The summed E-state index contributed by atoms with van der Waals surface area (Å²) < 4.78 is 12.7. The van der Waals surface area contributed by atoms with E-state index in [1.54, 1.807) is 24.1 Å². The molecule has 1 aromatic rings. The van der Waals surface area contributed by atoms with E-state index in [2.05, 4.69) is 5.32 Å². The van der Waals surface area contributed by atoms with Gasteiger partial charge in [0.2, 0.25) is 0 Å². The van der Waals surface area contributed by atoms with Crippen LogP contribution in [0.25, 0.3) is 0 Å². The molecular formula is C13H19FN2O. The number of carbonyl (C=O) groups excluding carboxylic acids is 1. The van der Waals surface area contributed by atoms with Crippen molar-refractivity contribution in [1.82, 2.24) is 10.2 Å². The van der Waals surface area contributed by atoms with E-state index < -0.39 is 0 Å². The molecule has 0 fully saturated rings. The van der Waals surface area contributed by atoms with Gasteiger partial charge in [0.1, 0.15) is 5.82 Å². The van der Waals surface area contributed by atoms with E-state index in [-0.39, 0.29) is 17.9 Å². The predicted molar refractivity (Wildman–Crippen MR) is 66.4 cm³/mol. The van der Waals surface area contributed by atoms with E-state index in [9.17, 15) is 9.18 Å². The minimum atomic E-state index is -0.240. The molecule has 0 saturated heterocycles. The number of benzene rings is 1. The van der Waals surface area contributed by atoms with E-state index in [0.29, 0.717) is 13.0 Å². The molecule has 0 heterocycles. The fourth-order valence-electron chi connectivity index (χ4n) is 1.49. The summed E-state index contributed by atoms with van der Waals surface area (Å²) in [4.78, 5) is 13.2. The molecule has 0 aromatic heterocycles. The van der Waals surface area contributed by atoms with Crippen LogP contribution in [-0.4, -0.2) is 30.6 Å². The van der Waals surface area contributed by atoms with Gasteiger partial charge >= 0.3 is 6.03 Å². The summed E-state index contributed by atoms with van der Waals surface area (Å²) in [5.74, 6) is -0.240. The van der Waals surface area contributed by atoms with Crippen LogP contribution in [-0.2, 0) is 6.42 Å². The zero-order chi connectivity index (χ0) is 12.8. The first kappa shape index (κ1) is 13.5. The van der Waals surface area contributed by atoms with Crippen molar-refractivity contribution in [2.45, 2.75) is 26.3 Å². The van der Waals surface area contributed by atoms with E-state index >= 15 is 0 Å². The molecule has 3 nitrogen and oxygen atoms in total. The molecule has 94 valence electrons. The number of amides is 2. The second-order valence-corrected chi connectivity index (χ2v) is 4.20. The normalized spacial score (nSPS) is 12.0. The van der Waals surface area contributed by atoms with Gasteiger partial charge in [-0.15, -0.1) is 0 Å². The predicted octanol–water partition coefficient (Wildman–Crippen LogP) is 2.42. The maximum absolute atomic E-state index is 12.7. The Bertz CT molecular complexity index is 364. The highest BCUT2D eigenvalue weighted by molar-refractivity contribution is 5.74. The molecule has 0 bridgehead atoms. The smallest absolute Gasteiger partial charge is 0.317 e. The summed E-state index contributed by atoms with van der Waals surface area (Å²) in [5, 5.41) is 2.89. The second kappa shape index (κ2) is 6.23.